The van der Waals surface area contributed by atoms with E-state index < -0.39 is 0 Å². The standard InChI is InChI=1S/C25H29FN6O/c1-15-8-18-5-6-20(24(26)19(18)9-15)33-25-30-22(29-21-10-16(2)13-28-21)11-23(31-25)32-7-3-4-17(12-27)14-32/h5-6,9-11,17H,3-4,7-8,12-14,27H2,1-2H3,(H,28,29,30,31). The number of halogens is 1. The Morgan fingerprint density at radius 3 is 2.88 bits per heavy atom. The molecule has 0 bridgehead atoms. The molecule has 1 atom stereocenters. The van der Waals surface area contributed by atoms with Crippen molar-refractivity contribution in [2.75, 3.05) is 36.4 Å². The predicted molar refractivity (Wildman–Crippen MR) is 130 cm³/mol. The first kappa shape index (κ1) is 21.6. The zero-order chi connectivity index (χ0) is 22.9. The van der Waals surface area contributed by atoms with E-state index in [0.717, 1.165) is 55.1 Å². The predicted octanol–water partition coefficient (Wildman–Crippen LogP) is 4.31. The molecule has 1 aromatic heterocycles. The molecular weight excluding hydrogens is 419 g/mol. The Kier molecular flexibility index (Phi) is 5.85. The molecule has 33 heavy (non-hydrogen) atoms. The molecule has 5 rings (SSSR count). The van der Waals surface area contributed by atoms with Gasteiger partial charge in [0.05, 0.1) is 6.54 Å². The van der Waals surface area contributed by atoms with Crippen molar-refractivity contribution in [3.63, 3.8) is 0 Å². The fourth-order valence-corrected chi connectivity index (χ4v) is 4.59. The summed E-state index contributed by atoms with van der Waals surface area (Å²) in [7, 11) is 0. The van der Waals surface area contributed by atoms with Gasteiger partial charge in [-0.05, 0) is 68.9 Å². The van der Waals surface area contributed by atoms with Crippen LogP contribution in [0, 0.1) is 11.7 Å². The van der Waals surface area contributed by atoms with Crippen molar-refractivity contribution in [1.82, 2.24) is 9.97 Å². The fraction of sp³-hybridized carbons (Fsp3) is 0.400. The lowest BCUT2D eigenvalue weighted by atomic mass is 9.98. The first-order valence-corrected chi connectivity index (χ1v) is 11.5. The van der Waals surface area contributed by atoms with E-state index in [2.05, 4.69) is 25.2 Å². The van der Waals surface area contributed by atoms with Gasteiger partial charge in [0.15, 0.2) is 11.6 Å². The second-order valence-corrected chi connectivity index (χ2v) is 9.12. The number of piperidine rings is 1. The molecule has 0 saturated carbocycles. The second-order valence-electron chi connectivity index (χ2n) is 9.12. The minimum atomic E-state index is -0.382. The monoisotopic (exact) mass is 448 g/mol. The highest BCUT2D eigenvalue weighted by Gasteiger charge is 2.23. The quantitative estimate of drug-likeness (QED) is 0.709. The summed E-state index contributed by atoms with van der Waals surface area (Å²) in [6, 6.07) is 5.55. The number of aliphatic imine (C=N–C) groups is 1. The minimum absolute atomic E-state index is 0.0988. The van der Waals surface area contributed by atoms with Gasteiger partial charge in [-0.3, -0.25) is 4.99 Å². The van der Waals surface area contributed by atoms with Crippen molar-refractivity contribution in [2.45, 2.75) is 33.1 Å². The van der Waals surface area contributed by atoms with Crippen LogP contribution in [0.2, 0.25) is 0 Å². The van der Waals surface area contributed by atoms with Crippen LogP contribution in [0.4, 0.5) is 16.0 Å². The molecule has 1 saturated heterocycles. The molecule has 7 nitrogen and oxygen atoms in total. The summed E-state index contributed by atoms with van der Waals surface area (Å²) >= 11 is 0. The lowest BCUT2D eigenvalue weighted by molar-refractivity contribution is 0.403. The smallest absolute Gasteiger partial charge is 0.326 e. The van der Waals surface area contributed by atoms with Crippen molar-refractivity contribution in [3.8, 4) is 11.8 Å². The molecule has 3 heterocycles. The van der Waals surface area contributed by atoms with Crippen LogP contribution in [-0.2, 0) is 6.42 Å². The number of hydrogen-bond acceptors (Lipinski definition) is 7. The van der Waals surface area contributed by atoms with Gasteiger partial charge in [-0.15, -0.1) is 0 Å². The molecule has 0 amide bonds. The largest absolute Gasteiger partial charge is 0.421 e. The Morgan fingerprint density at radius 1 is 1.21 bits per heavy atom. The summed E-state index contributed by atoms with van der Waals surface area (Å²) < 4.78 is 21.1. The van der Waals surface area contributed by atoms with E-state index >= 15 is 4.39 Å². The third-order valence-electron chi connectivity index (χ3n) is 6.30. The molecule has 1 fully saturated rings. The second kappa shape index (κ2) is 8.94. The van der Waals surface area contributed by atoms with Crippen LogP contribution in [0.15, 0.2) is 40.4 Å². The molecule has 1 aromatic carbocycles. The average Bonchev–Trinajstić information content (AvgIpc) is 3.40. The number of nitrogens with one attached hydrogen (secondary N) is 1. The first-order valence-electron chi connectivity index (χ1n) is 11.5. The molecular formula is C25H29FN6O. The summed E-state index contributed by atoms with van der Waals surface area (Å²) in [5.41, 5.74) is 9.79. The van der Waals surface area contributed by atoms with E-state index in [1.165, 1.54) is 5.57 Å². The molecule has 3 aliphatic rings. The van der Waals surface area contributed by atoms with Gasteiger partial charge in [-0.25, -0.2) is 4.39 Å². The number of nitrogens with two attached hydrogens (primary N) is 1. The Balaban J connectivity index is 1.47. The van der Waals surface area contributed by atoms with Crippen molar-refractivity contribution >= 4 is 23.5 Å². The molecule has 8 heteroatoms. The number of benzene rings is 1. The molecule has 3 N–H and O–H groups in total. The normalized spacial score (nSPS) is 19.7. The van der Waals surface area contributed by atoms with Crippen LogP contribution in [0.5, 0.6) is 11.8 Å². The zero-order valence-corrected chi connectivity index (χ0v) is 19.1. The number of amidine groups is 1. The van der Waals surface area contributed by atoms with Crippen LogP contribution < -0.4 is 20.7 Å². The van der Waals surface area contributed by atoms with Crippen molar-refractivity contribution < 1.29 is 9.13 Å². The van der Waals surface area contributed by atoms with Gasteiger partial charge in [0.25, 0.3) is 0 Å². The Morgan fingerprint density at radius 2 is 2.09 bits per heavy atom. The van der Waals surface area contributed by atoms with Crippen LogP contribution in [0.3, 0.4) is 0 Å². The molecule has 2 aliphatic heterocycles. The number of fused-ring (bicyclic) bond motifs is 1. The summed E-state index contributed by atoms with van der Waals surface area (Å²) in [6.07, 6.45) is 6.78. The highest BCUT2D eigenvalue weighted by Crippen LogP contribution is 2.34. The van der Waals surface area contributed by atoms with E-state index in [1.54, 1.807) is 6.07 Å². The topological polar surface area (TPSA) is 88.7 Å². The minimum Gasteiger partial charge on any atom is -0.421 e. The molecule has 172 valence electrons. The number of anilines is 2. The maximum absolute atomic E-state index is 15.2. The summed E-state index contributed by atoms with van der Waals surface area (Å²) in [4.78, 5) is 15.8. The molecule has 0 spiro atoms. The molecule has 0 radical (unpaired) electrons. The molecule has 2 aromatic rings. The average molecular weight is 449 g/mol. The number of aromatic nitrogens is 2. The van der Waals surface area contributed by atoms with Gasteiger partial charge < -0.3 is 20.7 Å². The zero-order valence-electron chi connectivity index (χ0n) is 19.1. The fourth-order valence-electron chi connectivity index (χ4n) is 4.59. The van der Waals surface area contributed by atoms with Crippen molar-refractivity contribution in [2.24, 2.45) is 16.6 Å². The van der Waals surface area contributed by atoms with Crippen LogP contribution in [0.25, 0.3) is 6.08 Å². The highest BCUT2D eigenvalue weighted by atomic mass is 19.1. The van der Waals surface area contributed by atoms with Crippen molar-refractivity contribution in [1.29, 1.82) is 0 Å². The Labute approximate surface area is 193 Å². The van der Waals surface area contributed by atoms with Gasteiger partial charge in [0.1, 0.15) is 17.5 Å². The number of hydrogen-bond donors (Lipinski definition) is 2. The summed E-state index contributed by atoms with van der Waals surface area (Å²) in [6.45, 7) is 7.05. The van der Waals surface area contributed by atoms with E-state index in [9.17, 15) is 0 Å². The maximum Gasteiger partial charge on any atom is 0.326 e. The van der Waals surface area contributed by atoms with Gasteiger partial charge in [0.2, 0.25) is 0 Å². The van der Waals surface area contributed by atoms with E-state index in [1.807, 2.05) is 38.1 Å². The number of rotatable bonds is 5. The third-order valence-corrected chi connectivity index (χ3v) is 6.30. The van der Waals surface area contributed by atoms with E-state index in [4.69, 9.17) is 10.5 Å². The van der Waals surface area contributed by atoms with Gasteiger partial charge in [0, 0.05) is 24.7 Å². The number of ether oxygens (including phenoxy) is 1. The Bertz CT molecular complexity index is 1170. The molecule has 1 aliphatic carbocycles. The van der Waals surface area contributed by atoms with Crippen LogP contribution in [-0.4, -0.2) is 42.0 Å². The first-order chi connectivity index (χ1) is 16.0. The maximum atomic E-state index is 15.2. The summed E-state index contributed by atoms with van der Waals surface area (Å²) in [5, 5.41) is 3.25. The van der Waals surface area contributed by atoms with Gasteiger partial charge >= 0.3 is 6.01 Å². The van der Waals surface area contributed by atoms with Crippen molar-refractivity contribution in [3.05, 3.63) is 52.4 Å². The summed E-state index contributed by atoms with van der Waals surface area (Å²) in [5.74, 6) is 2.20. The lowest BCUT2D eigenvalue weighted by Crippen LogP contribution is -2.38. The SMILES string of the molecule is CC1=CC(Nc2cc(N3CCCC(CN)C3)nc(Oc3ccc4c(c3F)C=C(C)C4)n2)=NC1. The van der Waals surface area contributed by atoms with Crippen LogP contribution >= 0.6 is 0 Å². The van der Waals surface area contributed by atoms with E-state index in [-0.39, 0.29) is 17.6 Å². The van der Waals surface area contributed by atoms with E-state index in [0.29, 0.717) is 30.4 Å². The lowest BCUT2D eigenvalue weighted by Gasteiger charge is -2.33. The molecule has 1 unspecified atom stereocenters. The van der Waals surface area contributed by atoms with Gasteiger partial charge in [-0.1, -0.05) is 17.7 Å². The highest BCUT2D eigenvalue weighted by molar-refractivity contribution is 6.05. The third kappa shape index (κ3) is 4.61. The number of allylic oxidation sites excluding steroid dienone is 1. The van der Waals surface area contributed by atoms with Gasteiger partial charge in [-0.2, -0.15) is 9.97 Å². The van der Waals surface area contributed by atoms with Crippen LogP contribution in [0.1, 0.15) is 37.8 Å². The Hall–Kier alpha value is -3.26. The number of nitrogens with zero attached hydrogens (tertiary/aromatic N) is 4.